The molecule has 138 valence electrons. The average molecular weight is 347 g/mol. The fourth-order valence-corrected chi connectivity index (χ4v) is 2.93. The molecule has 1 aliphatic heterocycles. The van der Waals surface area contributed by atoms with Crippen LogP contribution in [0.5, 0.6) is 0 Å². The van der Waals surface area contributed by atoms with Crippen LogP contribution in [-0.4, -0.2) is 55.7 Å². The monoisotopic (exact) mass is 347 g/mol. The summed E-state index contributed by atoms with van der Waals surface area (Å²) in [7, 11) is 0. The first kappa shape index (κ1) is 19.2. The van der Waals surface area contributed by atoms with Crippen LogP contribution in [-0.2, 0) is 16.0 Å². The van der Waals surface area contributed by atoms with Crippen LogP contribution in [0.15, 0.2) is 30.3 Å². The summed E-state index contributed by atoms with van der Waals surface area (Å²) in [5, 5.41) is 6.37. The predicted molar refractivity (Wildman–Crippen MR) is 97.4 cm³/mol. The number of nitrogens with zero attached hydrogens (tertiary/aromatic N) is 1. The van der Waals surface area contributed by atoms with Crippen molar-refractivity contribution in [1.29, 1.82) is 0 Å². The molecule has 2 N–H and O–H groups in total. The van der Waals surface area contributed by atoms with Gasteiger partial charge < -0.3 is 20.3 Å². The Bertz CT molecular complexity index is 528. The number of carbonyl (C=O) groups excluding carboxylic acids is 2. The van der Waals surface area contributed by atoms with E-state index in [9.17, 15) is 9.59 Å². The van der Waals surface area contributed by atoms with Crippen LogP contribution in [0.25, 0.3) is 0 Å². The molecule has 1 aliphatic rings. The second kappa shape index (κ2) is 10.7. The molecule has 1 saturated heterocycles. The number of benzene rings is 1. The van der Waals surface area contributed by atoms with Crippen molar-refractivity contribution < 1.29 is 14.3 Å². The highest BCUT2D eigenvalue weighted by atomic mass is 16.6. The zero-order chi connectivity index (χ0) is 17.9. The maximum absolute atomic E-state index is 12.0. The number of rotatable bonds is 8. The minimum Gasteiger partial charge on any atom is -0.450 e. The highest BCUT2D eigenvalue weighted by Gasteiger charge is 2.24. The number of likely N-dealkylation sites (tertiary alicyclic amines) is 1. The van der Waals surface area contributed by atoms with E-state index in [-0.39, 0.29) is 18.0 Å². The number of amides is 2. The molecule has 1 aromatic carbocycles. The summed E-state index contributed by atoms with van der Waals surface area (Å²) < 4.78 is 5.00. The fourth-order valence-electron chi connectivity index (χ4n) is 2.93. The quantitative estimate of drug-likeness (QED) is 0.705. The van der Waals surface area contributed by atoms with E-state index in [0.29, 0.717) is 32.7 Å². The Morgan fingerprint density at radius 1 is 1.16 bits per heavy atom. The highest BCUT2D eigenvalue weighted by Crippen LogP contribution is 2.11. The van der Waals surface area contributed by atoms with Crippen LogP contribution in [0.2, 0.25) is 0 Å². The lowest BCUT2D eigenvalue weighted by atomic mass is 10.1. The third-order valence-corrected chi connectivity index (χ3v) is 4.35. The van der Waals surface area contributed by atoms with Gasteiger partial charge in [-0.2, -0.15) is 0 Å². The number of ether oxygens (including phenoxy) is 1. The molecule has 1 heterocycles. The third-order valence-electron chi connectivity index (χ3n) is 4.35. The van der Waals surface area contributed by atoms with Gasteiger partial charge in [-0.25, -0.2) is 4.79 Å². The fraction of sp³-hybridized carbons (Fsp3) is 0.579. The van der Waals surface area contributed by atoms with Gasteiger partial charge in [-0.1, -0.05) is 30.3 Å². The number of hydrogen-bond donors (Lipinski definition) is 2. The van der Waals surface area contributed by atoms with Gasteiger partial charge in [-0.3, -0.25) is 4.79 Å². The molecule has 6 nitrogen and oxygen atoms in total. The Kier molecular flexibility index (Phi) is 8.25. The minimum absolute atomic E-state index is 0.0711. The van der Waals surface area contributed by atoms with E-state index in [1.807, 2.05) is 18.2 Å². The van der Waals surface area contributed by atoms with E-state index < -0.39 is 0 Å². The van der Waals surface area contributed by atoms with Crippen LogP contribution in [0.3, 0.4) is 0 Å². The van der Waals surface area contributed by atoms with Gasteiger partial charge in [0.1, 0.15) is 0 Å². The molecule has 6 heteroatoms. The van der Waals surface area contributed by atoms with Crippen molar-refractivity contribution in [3.63, 3.8) is 0 Å². The first-order chi connectivity index (χ1) is 12.2. The molecular weight excluding hydrogens is 318 g/mol. The van der Waals surface area contributed by atoms with E-state index in [0.717, 1.165) is 25.8 Å². The average Bonchev–Trinajstić information content (AvgIpc) is 2.63. The van der Waals surface area contributed by atoms with Gasteiger partial charge in [-0.05, 0) is 38.3 Å². The van der Waals surface area contributed by atoms with Crippen molar-refractivity contribution in [2.24, 2.45) is 0 Å². The van der Waals surface area contributed by atoms with Gasteiger partial charge in [0.2, 0.25) is 5.91 Å². The second-order valence-corrected chi connectivity index (χ2v) is 6.26. The zero-order valence-electron chi connectivity index (χ0n) is 15.0. The number of hydrogen-bond acceptors (Lipinski definition) is 4. The Labute approximate surface area is 149 Å². The summed E-state index contributed by atoms with van der Waals surface area (Å²) in [6, 6.07) is 10.5. The van der Waals surface area contributed by atoms with Crippen molar-refractivity contribution in [2.45, 2.75) is 38.6 Å². The van der Waals surface area contributed by atoms with Crippen LogP contribution in [0, 0.1) is 0 Å². The van der Waals surface area contributed by atoms with E-state index in [4.69, 9.17) is 4.74 Å². The van der Waals surface area contributed by atoms with Crippen molar-refractivity contribution in [3.05, 3.63) is 35.9 Å². The lowest BCUT2D eigenvalue weighted by Crippen LogP contribution is -2.47. The first-order valence-electron chi connectivity index (χ1n) is 9.14. The van der Waals surface area contributed by atoms with E-state index in [1.165, 1.54) is 5.56 Å². The van der Waals surface area contributed by atoms with Crippen LogP contribution in [0.4, 0.5) is 4.79 Å². The van der Waals surface area contributed by atoms with E-state index >= 15 is 0 Å². The molecule has 0 atom stereocenters. The van der Waals surface area contributed by atoms with Gasteiger partial charge in [0.05, 0.1) is 6.61 Å². The number of carbonyl (C=O) groups is 2. The Balaban J connectivity index is 1.53. The topological polar surface area (TPSA) is 70.7 Å². The molecule has 0 saturated carbocycles. The lowest BCUT2D eigenvalue weighted by Gasteiger charge is -2.31. The number of nitrogens with one attached hydrogen (secondary N) is 2. The predicted octanol–water partition coefficient (Wildman–Crippen LogP) is 1.95. The Hall–Kier alpha value is -2.08. The molecule has 25 heavy (non-hydrogen) atoms. The molecule has 0 bridgehead atoms. The molecule has 2 amide bonds. The highest BCUT2D eigenvalue weighted by molar-refractivity contribution is 5.76. The minimum atomic E-state index is -0.255. The van der Waals surface area contributed by atoms with E-state index in [2.05, 4.69) is 22.8 Å². The largest absolute Gasteiger partial charge is 0.450 e. The first-order valence-corrected chi connectivity index (χ1v) is 9.14. The van der Waals surface area contributed by atoms with Gasteiger partial charge in [0.15, 0.2) is 0 Å². The molecule has 0 aliphatic carbocycles. The molecule has 0 spiro atoms. The van der Waals surface area contributed by atoms with Gasteiger partial charge in [0.25, 0.3) is 0 Å². The molecule has 2 rings (SSSR count). The van der Waals surface area contributed by atoms with Crippen molar-refractivity contribution in [1.82, 2.24) is 15.5 Å². The standard InChI is InChI=1S/C19H29N3O3/c1-2-25-19(24)22-14-10-17(11-15-22)21-18(23)9-13-20-12-8-16-6-4-3-5-7-16/h3-7,17,20H,2,8-15H2,1H3,(H,21,23). The Morgan fingerprint density at radius 2 is 1.88 bits per heavy atom. The van der Waals surface area contributed by atoms with Gasteiger partial charge in [-0.15, -0.1) is 0 Å². The van der Waals surface area contributed by atoms with Crippen LogP contribution < -0.4 is 10.6 Å². The summed E-state index contributed by atoms with van der Waals surface area (Å²) in [5.74, 6) is 0.0711. The molecular formula is C19H29N3O3. The molecule has 0 aromatic heterocycles. The SMILES string of the molecule is CCOC(=O)N1CCC(NC(=O)CCNCCc2ccccc2)CC1. The zero-order valence-corrected chi connectivity index (χ0v) is 15.0. The maximum atomic E-state index is 12.0. The summed E-state index contributed by atoms with van der Waals surface area (Å²) in [6.07, 6.45) is 2.76. The summed E-state index contributed by atoms with van der Waals surface area (Å²) >= 11 is 0. The summed E-state index contributed by atoms with van der Waals surface area (Å²) in [5.41, 5.74) is 1.30. The van der Waals surface area contributed by atoms with Gasteiger partial charge >= 0.3 is 6.09 Å². The van der Waals surface area contributed by atoms with Crippen molar-refractivity contribution in [3.8, 4) is 0 Å². The molecule has 0 unspecified atom stereocenters. The summed E-state index contributed by atoms with van der Waals surface area (Å²) in [4.78, 5) is 25.4. The van der Waals surface area contributed by atoms with Gasteiger partial charge in [0, 0.05) is 32.1 Å². The van der Waals surface area contributed by atoms with Crippen molar-refractivity contribution in [2.75, 3.05) is 32.8 Å². The smallest absolute Gasteiger partial charge is 0.409 e. The van der Waals surface area contributed by atoms with E-state index in [1.54, 1.807) is 11.8 Å². The van der Waals surface area contributed by atoms with Crippen molar-refractivity contribution >= 4 is 12.0 Å². The second-order valence-electron chi connectivity index (χ2n) is 6.26. The lowest BCUT2D eigenvalue weighted by molar-refractivity contribution is -0.121. The maximum Gasteiger partial charge on any atom is 0.409 e. The third kappa shape index (κ3) is 7.13. The molecule has 1 aromatic rings. The summed E-state index contributed by atoms with van der Waals surface area (Å²) in [6.45, 7) is 5.03. The normalized spacial score (nSPS) is 15.0. The van der Waals surface area contributed by atoms with Crippen LogP contribution >= 0.6 is 0 Å². The molecule has 0 radical (unpaired) electrons. The Morgan fingerprint density at radius 3 is 2.56 bits per heavy atom. The number of piperidine rings is 1. The van der Waals surface area contributed by atoms with Crippen LogP contribution in [0.1, 0.15) is 31.7 Å². The molecule has 1 fully saturated rings.